The number of benzene rings is 1. The van der Waals surface area contributed by atoms with Crippen molar-refractivity contribution >= 4 is 29.1 Å². The first-order valence-corrected chi connectivity index (χ1v) is 8.37. The Bertz CT molecular complexity index is 738. The molecule has 0 aliphatic heterocycles. The lowest BCUT2D eigenvalue weighted by atomic mass is 10.2. The Labute approximate surface area is 145 Å². The van der Waals surface area contributed by atoms with Crippen LogP contribution >= 0.6 is 11.6 Å². The first kappa shape index (κ1) is 16.5. The van der Waals surface area contributed by atoms with Gasteiger partial charge in [0.05, 0.1) is 22.5 Å². The highest BCUT2D eigenvalue weighted by molar-refractivity contribution is 6.34. The van der Waals surface area contributed by atoms with Crippen molar-refractivity contribution in [3.63, 3.8) is 0 Å². The van der Waals surface area contributed by atoms with Gasteiger partial charge in [-0.15, -0.1) is 0 Å². The van der Waals surface area contributed by atoms with Crippen molar-refractivity contribution in [1.82, 2.24) is 15.1 Å². The van der Waals surface area contributed by atoms with Crippen LogP contribution < -0.4 is 10.6 Å². The molecule has 1 aromatic carbocycles. The SMILES string of the molecule is O=C(Cn1cc(NC(=O)c2ccccc2Cl)cn1)NC1CCCC1. The zero-order chi connectivity index (χ0) is 16.9. The second-order valence-corrected chi connectivity index (χ2v) is 6.32. The number of aromatic nitrogens is 2. The predicted octanol–water partition coefficient (Wildman–Crippen LogP) is 2.85. The van der Waals surface area contributed by atoms with Gasteiger partial charge in [0.2, 0.25) is 5.91 Å². The lowest BCUT2D eigenvalue weighted by Gasteiger charge is -2.11. The average molecular weight is 347 g/mol. The Hall–Kier alpha value is -2.34. The van der Waals surface area contributed by atoms with Crippen molar-refractivity contribution in [3.05, 3.63) is 47.2 Å². The van der Waals surface area contributed by atoms with Gasteiger partial charge in [-0.05, 0) is 25.0 Å². The summed E-state index contributed by atoms with van der Waals surface area (Å²) >= 11 is 6.01. The molecule has 2 N–H and O–H groups in total. The number of hydrogen-bond acceptors (Lipinski definition) is 3. The first-order valence-electron chi connectivity index (χ1n) is 7.99. The molecular weight excluding hydrogens is 328 g/mol. The molecule has 1 heterocycles. The molecule has 0 saturated heterocycles. The van der Waals surface area contributed by atoms with Crippen LogP contribution in [0.25, 0.3) is 0 Å². The molecular formula is C17H19ClN4O2. The normalized spacial score (nSPS) is 14.5. The summed E-state index contributed by atoms with van der Waals surface area (Å²) in [5.41, 5.74) is 0.916. The van der Waals surface area contributed by atoms with Gasteiger partial charge in [0.15, 0.2) is 0 Å². The van der Waals surface area contributed by atoms with E-state index in [4.69, 9.17) is 11.6 Å². The average Bonchev–Trinajstić information content (AvgIpc) is 3.20. The minimum Gasteiger partial charge on any atom is -0.352 e. The molecule has 0 spiro atoms. The monoisotopic (exact) mass is 346 g/mol. The predicted molar refractivity (Wildman–Crippen MR) is 92.0 cm³/mol. The van der Waals surface area contributed by atoms with Crippen LogP contribution in [0.15, 0.2) is 36.7 Å². The van der Waals surface area contributed by atoms with Crippen molar-refractivity contribution < 1.29 is 9.59 Å². The zero-order valence-corrected chi connectivity index (χ0v) is 13.9. The summed E-state index contributed by atoms with van der Waals surface area (Å²) < 4.78 is 1.51. The highest BCUT2D eigenvalue weighted by atomic mass is 35.5. The van der Waals surface area contributed by atoms with E-state index < -0.39 is 0 Å². The fourth-order valence-electron chi connectivity index (χ4n) is 2.85. The van der Waals surface area contributed by atoms with E-state index in [2.05, 4.69) is 15.7 Å². The van der Waals surface area contributed by atoms with Gasteiger partial charge in [-0.2, -0.15) is 5.10 Å². The summed E-state index contributed by atoms with van der Waals surface area (Å²) in [6, 6.07) is 7.11. The summed E-state index contributed by atoms with van der Waals surface area (Å²) in [5, 5.41) is 10.2. The van der Waals surface area contributed by atoms with Crippen LogP contribution in [0.5, 0.6) is 0 Å². The van der Waals surface area contributed by atoms with Gasteiger partial charge >= 0.3 is 0 Å². The Morgan fingerprint density at radius 1 is 1.25 bits per heavy atom. The molecule has 0 bridgehead atoms. The lowest BCUT2D eigenvalue weighted by molar-refractivity contribution is -0.122. The molecule has 0 radical (unpaired) electrons. The minimum absolute atomic E-state index is 0.0611. The molecule has 1 aliphatic carbocycles. The molecule has 2 amide bonds. The van der Waals surface area contributed by atoms with Crippen LogP contribution in [0.1, 0.15) is 36.0 Å². The number of halogens is 1. The van der Waals surface area contributed by atoms with Crippen LogP contribution in [0.2, 0.25) is 5.02 Å². The third-order valence-corrected chi connectivity index (χ3v) is 4.37. The molecule has 1 saturated carbocycles. The maximum atomic E-state index is 12.2. The molecule has 6 nitrogen and oxygen atoms in total. The van der Waals surface area contributed by atoms with E-state index in [1.54, 1.807) is 30.5 Å². The Morgan fingerprint density at radius 2 is 2.00 bits per heavy atom. The van der Waals surface area contributed by atoms with Crippen LogP contribution in [-0.2, 0) is 11.3 Å². The standard InChI is InChI=1S/C17H19ClN4O2/c18-15-8-4-3-7-14(15)17(24)21-13-9-19-22(10-13)11-16(23)20-12-5-1-2-6-12/h3-4,7-10,12H,1-2,5-6,11H2,(H,20,23)(H,21,24). The third-order valence-electron chi connectivity index (χ3n) is 4.04. The number of hydrogen-bond donors (Lipinski definition) is 2. The van der Waals surface area contributed by atoms with E-state index in [0.29, 0.717) is 16.3 Å². The maximum Gasteiger partial charge on any atom is 0.257 e. The third kappa shape index (κ3) is 4.14. The van der Waals surface area contributed by atoms with Crippen molar-refractivity contribution in [1.29, 1.82) is 0 Å². The summed E-state index contributed by atoms with van der Waals surface area (Å²) in [6.45, 7) is 0.137. The van der Waals surface area contributed by atoms with Gasteiger partial charge in [0.1, 0.15) is 6.54 Å². The maximum absolute atomic E-state index is 12.2. The fourth-order valence-corrected chi connectivity index (χ4v) is 3.07. The number of nitrogens with zero attached hydrogens (tertiary/aromatic N) is 2. The van der Waals surface area contributed by atoms with Gasteiger partial charge in [0, 0.05) is 12.2 Å². The van der Waals surface area contributed by atoms with Crippen molar-refractivity contribution in [3.8, 4) is 0 Å². The van der Waals surface area contributed by atoms with Crippen LogP contribution in [0.3, 0.4) is 0 Å². The van der Waals surface area contributed by atoms with E-state index in [-0.39, 0.29) is 24.4 Å². The van der Waals surface area contributed by atoms with E-state index >= 15 is 0 Å². The quantitative estimate of drug-likeness (QED) is 0.874. The second kappa shape index (κ2) is 7.49. The van der Waals surface area contributed by atoms with Gasteiger partial charge < -0.3 is 10.6 Å². The zero-order valence-electron chi connectivity index (χ0n) is 13.2. The Balaban J connectivity index is 1.56. The summed E-state index contributed by atoms with van der Waals surface area (Å²) in [4.78, 5) is 24.2. The smallest absolute Gasteiger partial charge is 0.257 e. The summed E-state index contributed by atoms with van der Waals surface area (Å²) in [6.07, 6.45) is 7.57. The minimum atomic E-state index is -0.310. The second-order valence-electron chi connectivity index (χ2n) is 5.91. The van der Waals surface area contributed by atoms with Gasteiger partial charge in [-0.25, -0.2) is 0 Å². The molecule has 126 valence electrons. The number of amides is 2. The number of anilines is 1. The van der Waals surface area contributed by atoms with Gasteiger partial charge in [-0.1, -0.05) is 36.6 Å². The Morgan fingerprint density at radius 3 is 2.75 bits per heavy atom. The number of nitrogens with one attached hydrogen (secondary N) is 2. The first-order chi connectivity index (χ1) is 11.6. The number of rotatable bonds is 5. The van der Waals surface area contributed by atoms with E-state index in [1.807, 2.05) is 0 Å². The molecule has 2 aromatic rings. The fraction of sp³-hybridized carbons (Fsp3) is 0.353. The highest BCUT2D eigenvalue weighted by Gasteiger charge is 2.17. The van der Waals surface area contributed by atoms with E-state index in [1.165, 1.54) is 23.7 Å². The molecule has 7 heteroatoms. The Kier molecular flexibility index (Phi) is 5.15. The molecule has 0 atom stereocenters. The largest absolute Gasteiger partial charge is 0.352 e. The number of carbonyl (C=O) groups is 2. The summed E-state index contributed by atoms with van der Waals surface area (Å²) in [5.74, 6) is -0.371. The van der Waals surface area contributed by atoms with Crippen LogP contribution in [0, 0.1) is 0 Å². The van der Waals surface area contributed by atoms with Gasteiger partial charge in [-0.3, -0.25) is 14.3 Å². The van der Waals surface area contributed by atoms with Crippen LogP contribution in [-0.4, -0.2) is 27.6 Å². The molecule has 1 fully saturated rings. The molecule has 24 heavy (non-hydrogen) atoms. The number of carbonyl (C=O) groups excluding carboxylic acids is 2. The van der Waals surface area contributed by atoms with E-state index in [9.17, 15) is 9.59 Å². The molecule has 1 aromatic heterocycles. The topological polar surface area (TPSA) is 76.0 Å². The van der Waals surface area contributed by atoms with Crippen molar-refractivity contribution in [2.24, 2.45) is 0 Å². The molecule has 1 aliphatic rings. The van der Waals surface area contributed by atoms with Crippen molar-refractivity contribution in [2.45, 2.75) is 38.3 Å². The molecule has 3 rings (SSSR count). The van der Waals surface area contributed by atoms with E-state index in [0.717, 1.165) is 12.8 Å². The van der Waals surface area contributed by atoms with Gasteiger partial charge in [0.25, 0.3) is 5.91 Å². The lowest BCUT2D eigenvalue weighted by Crippen LogP contribution is -2.35. The summed E-state index contributed by atoms with van der Waals surface area (Å²) in [7, 11) is 0. The molecule has 0 unspecified atom stereocenters. The van der Waals surface area contributed by atoms with Crippen molar-refractivity contribution in [2.75, 3.05) is 5.32 Å². The van der Waals surface area contributed by atoms with Crippen LogP contribution in [0.4, 0.5) is 5.69 Å². The highest BCUT2D eigenvalue weighted by Crippen LogP contribution is 2.18.